The maximum Gasteiger partial charge on any atom is 0.127 e. The molecule has 3 N–H and O–H groups in total. The molecule has 0 amide bonds. The minimum atomic E-state index is -0.846. The zero-order valence-corrected chi connectivity index (χ0v) is 12.5. The van der Waals surface area contributed by atoms with Gasteiger partial charge in [-0.3, -0.25) is 4.68 Å². The molecular weight excluding hydrogens is 269 g/mol. The molecule has 4 nitrogen and oxygen atoms in total. The van der Waals surface area contributed by atoms with Crippen LogP contribution in [0.3, 0.4) is 0 Å². The minimum absolute atomic E-state index is 0.152. The summed E-state index contributed by atoms with van der Waals surface area (Å²) in [6, 6.07) is 8.60. The molecule has 114 valence electrons. The minimum Gasteiger partial charge on any atom is -0.395 e. The Kier molecular flexibility index (Phi) is 4.75. The first-order valence-electron chi connectivity index (χ1n) is 7.12. The summed E-state index contributed by atoms with van der Waals surface area (Å²) in [6.45, 7) is 4.00. The number of rotatable bonds is 6. The quantitative estimate of drug-likeness (QED) is 0.856. The fraction of sp³-hybridized carbons (Fsp3) is 0.438. The van der Waals surface area contributed by atoms with E-state index in [-0.39, 0.29) is 25.0 Å². The second kappa shape index (κ2) is 6.37. The number of benzene rings is 1. The van der Waals surface area contributed by atoms with Gasteiger partial charge in [0.25, 0.3) is 0 Å². The van der Waals surface area contributed by atoms with E-state index in [9.17, 15) is 9.50 Å². The number of aliphatic hydroxyl groups excluding tert-OH is 1. The summed E-state index contributed by atoms with van der Waals surface area (Å²) in [5.41, 5.74) is 6.26. The standard InChI is InChI=1S/C16H22FN3O/c1-12(2)20-8-7-13(19-20)9-16(10-18,11-21)14-5-3-4-6-15(14)17/h3-8,12,21H,9-11,18H2,1-2H3. The number of nitrogens with two attached hydrogens (primary N) is 1. The first-order valence-corrected chi connectivity index (χ1v) is 7.12. The predicted octanol–water partition coefficient (Wildman–Crippen LogP) is 2.03. The molecule has 0 aliphatic rings. The molecule has 5 heteroatoms. The van der Waals surface area contributed by atoms with E-state index in [0.29, 0.717) is 12.0 Å². The van der Waals surface area contributed by atoms with Gasteiger partial charge in [-0.2, -0.15) is 5.10 Å². The molecule has 1 atom stereocenters. The van der Waals surface area contributed by atoms with Crippen LogP contribution in [0.25, 0.3) is 0 Å². The zero-order chi connectivity index (χ0) is 15.5. The van der Waals surface area contributed by atoms with Crippen LogP contribution < -0.4 is 5.73 Å². The zero-order valence-electron chi connectivity index (χ0n) is 12.5. The number of hydrogen-bond donors (Lipinski definition) is 2. The van der Waals surface area contributed by atoms with Crippen molar-refractivity contribution in [1.29, 1.82) is 0 Å². The van der Waals surface area contributed by atoms with E-state index in [0.717, 1.165) is 5.69 Å². The molecule has 0 saturated carbocycles. The van der Waals surface area contributed by atoms with Crippen molar-refractivity contribution in [1.82, 2.24) is 9.78 Å². The normalized spacial score (nSPS) is 14.4. The summed E-state index contributed by atoms with van der Waals surface area (Å²) in [5, 5.41) is 14.3. The van der Waals surface area contributed by atoms with Crippen molar-refractivity contribution in [3.63, 3.8) is 0 Å². The van der Waals surface area contributed by atoms with Crippen LogP contribution in [0.4, 0.5) is 4.39 Å². The molecule has 0 radical (unpaired) electrons. The summed E-state index contributed by atoms with van der Waals surface area (Å²) in [4.78, 5) is 0. The lowest BCUT2D eigenvalue weighted by atomic mass is 9.77. The van der Waals surface area contributed by atoms with Crippen molar-refractivity contribution in [2.45, 2.75) is 31.7 Å². The molecule has 0 aliphatic heterocycles. The number of hydrogen-bond acceptors (Lipinski definition) is 3. The third kappa shape index (κ3) is 3.14. The smallest absolute Gasteiger partial charge is 0.127 e. The van der Waals surface area contributed by atoms with Gasteiger partial charge in [0, 0.05) is 30.6 Å². The first kappa shape index (κ1) is 15.7. The Balaban J connectivity index is 2.36. The van der Waals surface area contributed by atoms with Gasteiger partial charge in [-0.25, -0.2) is 4.39 Å². The SMILES string of the molecule is CC(C)n1ccc(CC(CN)(CO)c2ccccc2F)n1. The van der Waals surface area contributed by atoms with Crippen LogP contribution in [0, 0.1) is 5.82 Å². The molecule has 1 heterocycles. The first-order chi connectivity index (χ1) is 10.0. The van der Waals surface area contributed by atoms with Crippen molar-refractivity contribution in [3.8, 4) is 0 Å². The van der Waals surface area contributed by atoms with Crippen molar-refractivity contribution in [3.05, 3.63) is 53.6 Å². The number of aliphatic hydroxyl groups is 1. The maximum absolute atomic E-state index is 14.1. The van der Waals surface area contributed by atoms with E-state index >= 15 is 0 Å². The molecule has 1 aromatic carbocycles. The third-order valence-electron chi connectivity index (χ3n) is 3.85. The van der Waals surface area contributed by atoms with E-state index in [1.807, 2.05) is 30.8 Å². The van der Waals surface area contributed by atoms with E-state index in [1.54, 1.807) is 18.2 Å². The van der Waals surface area contributed by atoms with Gasteiger partial charge < -0.3 is 10.8 Å². The molecule has 0 fully saturated rings. The van der Waals surface area contributed by atoms with Crippen LogP contribution in [-0.4, -0.2) is 28.0 Å². The Morgan fingerprint density at radius 1 is 1.33 bits per heavy atom. The summed E-state index contributed by atoms with van der Waals surface area (Å²) in [6.07, 6.45) is 2.29. The van der Waals surface area contributed by atoms with Crippen molar-refractivity contribution in [2.24, 2.45) is 5.73 Å². The van der Waals surface area contributed by atoms with Gasteiger partial charge >= 0.3 is 0 Å². The maximum atomic E-state index is 14.1. The van der Waals surface area contributed by atoms with Crippen molar-refractivity contribution >= 4 is 0 Å². The highest BCUT2D eigenvalue weighted by atomic mass is 19.1. The molecule has 0 saturated heterocycles. The van der Waals surface area contributed by atoms with Gasteiger partial charge in [0.1, 0.15) is 5.82 Å². The second-order valence-corrected chi connectivity index (χ2v) is 5.68. The Hall–Kier alpha value is -1.72. The fourth-order valence-corrected chi connectivity index (χ4v) is 2.48. The van der Waals surface area contributed by atoms with Crippen LogP contribution in [0.15, 0.2) is 36.5 Å². The van der Waals surface area contributed by atoms with Gasteiger partial charge in [0.2, 0.25) is 0 Å². The second-order valence-electron chi connectivity index (χ2n) is 5.68. The molecule has 0 aliphatic carbocycles. The molecular formula is C16H22FN3O. The lowest BCUT2D eigenvalue weighted by Crippen LogP contribution is -2.42. The average molecular weight is 291 g/mol. The van der Waals surface area contributed by atoms with Crippen molar-refractivity contribution < 1.29 is 9.50 Å². The van der Waals surface area contributed by atoms with Gasteiger partial charge in [-0.05, 0) is 31.5 Å². The van der Waals surface area contributed by atoms with Crippen LogP contribution >= 0.6 is 0 Å². The van der Waals surface area contributed by atoms with E-state index in [1.165, 1.54) is 6.07 Å². The van der Waals surface area contributed by atoms with E-state index in [2.05, 4.69) is 5.10 Å². The lowest BCUT2D eigenvalue weighted by Gasteiger charge is -2.30. The highest BCUT2D eigenvalue weighted by molar-refractivity contribution is 5.30. The summed E-state index contributed by atoms with van der Waals surface area (Å²) < 4.78 is 15.9. The Labute approximate surface area is 124 Å². The Morgan fingerprint density at radius 3 is 2.57 bits per heavy atom. The molecule has 0 spiro atoms. The van der Waals surface area contributed by atoms with Gasteiger partial charge in [-0.15, -0.1) is 0 Å². The molecule has 2 aromatic rings. The number of nitrogens with zero attached hydrogens (tertiary/aromatic N) is 2. The summed E-state index contributed by atoms with van der Waals surface area (Å²) in [7, 11) is 0. The summed E-state index contributed by atoms with van der Waals surface area (Å²) >= 11 is 0. The van der Waals surface area contributed by atoms with Crippen LogP contribution in [-0.2, 0) is 11.8 Å². The van der Waals surface area contributed by atoms with Crippen LogP contribution in [0.1, 0.15) is 31.1 Å². The van der Waals surface area contributed by atoms with Crippen LogP contribution in [0.2, 0.25) is 0 Å². The largest absolute Gasteiger partial charge is 0.395 e. The highest BCUT2D eigenvalue weighted by Crippen LogP contribution is 2.29. The monoisotopic (exact) mass is 291 g/mol. The molecule has 1 aromatic heterocycles. The molecule has 2 rings (SSSR count). The average Bonchev–Trinajstić information content (AvgIpc) is 2.94. The van der Waals surface area contributed by atoms with Gasteiger partial charge in [-0.1, -0.05) is 18.2 Å². The highest BCUT2D eigenvalue weighted by Gasteiger charge is 2.33. The Morgan fingerprint density at radius 2 is 2.05 bits per heavy atom. The lowest BCUT2D eigenvalue weighted by molar-refractivity contribution is 0.191. The molecule has 21 heavy (non-hydrogen) atoms. The fourth-order valence-electron chi connectivity index (χ4n) is 2.48. The predicted molar refractivity (Wildman–Crippen MR) is 80.5 cm³/mol. The number of aromatic nitrogens is 2. The van der Waals surface area contributed by atoms with E-state index in [4.69, 9.17) is 5.73 Å². The Bertz CT molecular complexity index is 591. The van der Waals surface area contributed by atoms with Gasteiger partial charge in [0.05, 0.1) is 12.3 Å². The van der Waals surface area contributed by atoms with E-state index < -0.39 is 5.41 Å². The van der Waals surface area contributed by atoms with Crippen LogP contribution in [0.5, 0.6) is 0 Å². The topological polar surface area (TPSA) is 64.1 Å². The third-order valence-corrected chi connectivity index (χ3v) is 3.85. The molecule has 0 bridgehead atoms. The number of halogens is 1. The van der Waals surface area contributed by atoms with Gasteiger partial charge in [0.15, 0.2) is 0 Å². The summed E-state index contributed by atoms with van der Waals surface area (Å²) in [5.74, 6) is -0.347. The van der Waals surface area contributed by atoms with Crippen molar-refractivity contribution in [2.75, 3.05) is 13.2 Å². The molecule has 1 unspecified atom stereocenters.